The first-order valence-electron chi connectivity index (χ1n) is 7.93. The lowest BCUT2D eigenvalue weighted by Gasteiger charge is -2.45. The van der Waals surface area contributed by atoms with Crippen molar-refractivity contribution in [3.63, 3.8) is 0 Å². The number of ether oxygens (including phenoxy) is 1. The van der Waals surface area contributed by atoms with Gasteiger partial charge >= 0.3 is 0 Å². The summed E-state index contributed by atoms with van der Waals surface area (Å²) >= 11 is 0. The van der Waals surface area contributed by atoms with E-state index in [0.717, 1.165) is 25.8 Å². The first kappa shape index (κ1) is 16.2. The second-order valence-corrected chi connectivity index (χ2v) is 9.31. The maximum Gasteiger partial charge on any atom is 0.157 e. The van der Waals surface area contributed by atoms with Gasteiger partial charge in [0.15, 0.2) is 9.84 Å². The van der Waals surface area contributed by atoms with E-state index in [1.165, 1.54) is 0 Å². The SMILES string of the molecule is CCNC1C(S(=O)(=O)C2CCOCC2)CCCC1(C)C. The Bertz CT molecular complexity index is 413. The van der Waals surface area contributed by atoms with Crippen LogP contribution in [0.3, 0.4) is 0 Å². The Balaban J connectivity index is 2.22. The van der Waals surface area contributed by atoms with Crippen molar-refractivity contribution in [3.8, 4) is 0 Å². The van der Waals surface area contributed by atoms with Gasteiger partial charge in [-0.15, -0.1) is 0 Å². The lowest BCUT2D eigenvalue weighted by Crippen LogP contribution is -2.57. The van der Waals surface area contributed by atoms with Crippen LogP contribution in [0.15, 0.2) is 0 Å². The van der Waals surface area contributed by atoms with Crippen LogP contribution in [-0.2, 0) is 14.6 Å². The van der Waals surface area contributed by atoms with Gasteiger partial charge in [-0.1, -0.05) is 27.2 Å². The predicted molar refractivity (Wildman–Crippen MR) is 81.6 cm³/mol. The molecular weight excluding hydrogens is 274 g/mol. The van der Waals surface area contributed by atoms with Crippen molar-refractivity contribution in [2.45, 2.75) is 69.4 Å². The molecule has 4 nitrogen and oxygen atoms in total. The molecule has 2 unspecified atom stereocenters. The summed E-state index contributed by atoms with van der Waals surface area (Å²) in [5.74, 6) is 0. The summed E-state index contributed by atoms with van der Waals surface area (Å²) in [5.41, 5.74) is 0.0527. The molecule has 2 rings (SSSR count). The van der Waals surface area contributed by atoms with Gasteiger partial charge in [-0.25, -0.2) is 8.42 Å². The van der Waals surface area contributed by atoms with Crippen LogP contribution >= 0.6 is 0 Å². The van der Waals surface area contributed by atoms with Gasteiger partial charge in [0.25, 0.3) is 0 Å². The van der Waals surface area contributed by atoms with E-state index in [2.05, 4.69) is 26.1 Å². The minimum Gasteiger partial charge on any atom is -0.381 e. The Kier molecular flexibility index (Phi) is 5.14. The standard InChI is InChI=1S/C15H29NO3S/c1-4-16-14-13(6-5-9-15(14,2)3)20(17,18)12-7-10-19-11-8-12/h12-14,16H,4-11H2,1-3H3. The second-order valence-electron chi connectivity index (χ2n) is 6.86. The molecule has 5 heteroatoms. The maximum atomic E-state index is 13.0. The highest BCUT2D eigenvalue weighted by molar-refractivity contribution is 7.92. The zero-order chi connectivity index (χ0) is 14.8. The van der Waals surface area contributed by atoms with Crippen LogP contribution in [0.2, 0.25) is 0 Å². The van der Waals surface area contributed by atoms with E-state index < -0.39 is 9.84 Å². The molecule has 1 aliphatic carbocycles. The lowest BCUT2D eigenvalue weighted by atomic mass is 9.73. The van der Waals surface area contributed by atoms with Crippen molar-refractivity contribution in [1.29, 1.82) is 0 Å². The second kappa shape index (κ2) is 6.32. The van der Waals surface area contributed by atoms with Crippen LogP contribution in [0, 0.1) is 5.41 Å². The third-order valence-electron chi connectivity index (χ3n) is 5.00. The molecule has 2 aliphatic rings. The van der Waals surface area contributed by atoms with Crippen molar-refractivity contribution in [3.05, 3.63) is 0 Å². The maximum absolute atomic E-state index is 13.0. The molecule has 1 saturated carbocycles. The van der Waals surface area contributed by atoms with Crippen molar-refractivity contribution in [1.82, 2.24) is 5.32 Å². The molecular formula is C15H29NO3S. The fourth-order valence-corrected chi connectivity index (χ4v) is 6.50. The van der Waals surface area contributed by atoms with E-state index in [1.807, 2.05) is 0 Å². The smallest absolute Gasteiger partial charge is 0.157 e. The zero-order valence-electron chi connectivity index (χ0n) is 13.0. The summed E-state index contributed by atoms with van der Waals surface area (Å²) in [4.78, 5) is 0. The molecule has 1 aliphatic heterocycles. The van der Waals surface area contributed by atoms with Gasteiger partial charge in [0.1, 0.15) is 0 Å². The average Bonchev–Trinajstić information content (AvgIpc) is 2.42. The molecule has 0 aromatic rings. The highest BCUT2D eigenvalue weighted by Gasteiger charge is 2.47. The van der Waals surface area contributed by atoms with Gasteiger partial charge in [-0.05, 0) is 37.6 Å². The van der Waals surface area contributed by atoms with E-state index in [4.69, 9.17) is 4.74 Å². The number of hydrogen-bond donors (Lipinski definition) is 1. The molecule has 2 atom stereocenters. The summed E-state index contributed by atoms with van der Waals surface area (Å²) < 4.78 is 31.4. The molecule has 118 valence electrons. The Hall–Kier alpha value is -0.130. The van der Waals surface area contributed by atoms with Crippen LogP contribution in [0.4, 0.5) is 0 Å². The third kappa shape index (κ3) is 3.20. The summed E-state index contributed by atoms with van der Waals surface area (Å²) in [6.07, 6.45) is 4.25. The first-order valence-corrected chi connectivity index (χ1v) is 9.54. The monoisotopic (exact) mass is 303 g/mol. The molecule has 0 radical (unpaired) electrons. The van der Waals surface area contributed by atoms with Gasteiger partial charge in [0.2, 0.25) is 0 Å². The minimum atomic E-state index is -3.07. The van der Waals surface area contributed by atoms with Crippen LogP contribution in [0.25, 0.3) is 0 Å². The Morgan fingerprint density at radius 2 is 1.85 bits per heavy atom. The molecule has 0 aromatic carbocycles. The normalized spacial score (nSPS) is 32.1. The number of hydrogen-bond acceptors (Lipinski definition) is 4. The topological polar surface area (TPSA) is 55.4 Å². The number of sulfone groups is 1. The van der Waals surface area contributed by atoms with E-state index in [-0.39, 0.29) is 22.0 Å². The van der Waals surface area contributed by atoms with Gasteiger partial charge < -0.3 is 10.1 Å². The van der Waals surface area contributed by atoms with E-state index >= 15 is 0 Å². The molecule has 2 fully saturated rings. The van der Waals surface area contributed by atoms with Crippen LogP contribution in [0.5, 0.6) is 0 Å². The van der Waals surface area contributed by atoms with Crippen molar-refractivity contribution >= 4 is 9.84 Å². The fraction of sp³-hybridized carbons (Fsp3) is 1.00. The van der Waals surface area contributed by atoms with Gasteiger partial charge in [-0.3, -0.25) is 0 Å². The predicted octanol–water partition coefficient (Wildman–Crippen LogP) is 2.14. The third-order valence-corrected chi connectivity index (χ3v) is 7.75. The summed E-state index contributed by atoms with van der Waals surface area (Å²) in [5, 5.41) is 3.03. The number of nitrogens with one attached hydrogen (secondary N) is 1. The first-order chi connectivity index (χ1) is 9.39. The quantitative estimate of drug-likeness (QED) is 0.864. The fourth-order valence-electron chi connectivity index (χ4n) is 3.82. The molecule has 20 heavy (non-hydrogen) atoms. The molecule has 0 spiro atoms. The van der Waals surface area contributed by atoms with Crippen molar-refractivity contribution in [2.24, 2.45) is 5.41 Å². The van der Waals surface area contributed by atoms with Crippen LogP contribution in [-0.4, -0.2) is 44.7 Å². The molecule has 0 amide bonds. The molecule has 1 N–H and O–H groups in total. The molecule has 1 heterocycles. The van der Waals surface area contributed by atoms with E-state index in [0.29, 0.717) is 26.1 Å². The highest BCUT2D eigenvalue weighted by Crippen LogP contribution is 2.40. The van der Waals surface area contributed by atoms with Crippen molar-refractivity contribution < 1.29 is 13.2 Å². The zero-order valence-corrected chi connectivity index (χ0v) is 13.8. The summed E-state index contributed by atoms with van der Waals surface area (Å²) in [7, 11) is -3.07. The summed E-state index contributed by atoms with van der Waals surface area (Å²) in [6, 6.07) is 0.0779. The molecule has 0 aromatic heterocycles. The Morgan fingerprint density at radius 3 is 2.45 bits per heavy atom. The lowest BCUT2D eigenvalue weighted by molar-refractivity contribution is 0.0973. The van der Waals surface area contributed by atoms with Crippen molar-refractivity contribution in [2.75, 3.05) is 19.8 Å². The van der Waals surface area contributed by atoms with Gasteiger partial charge in [-0.2, -0.15) is 0 Å². The minimum absolute atomic E-state index is 0.0527. The van der Waals surface area contributed by atoms with Crippen LogP contribution < -0.4 is 5.32 Å². The van der Waals surface area contributed by atoms with E-state index in [1.54, 1.807) is 0 Å². The van der Waals surface area contributed by atoms with Gasteiger partial charge in [0.05, 0.1) is 10.5 Å². The van der Waals surface area contributed by atoms with E-state index in [9.17, 15) is 8.42 Å². The molecule has 1 saturated heterocycles. The van der Waals surface area contributed by atoms with Gasteiger partial charge in [0, 0.05) is 19.3 Å². The highest BCUT2D eigenvalue weighted by atomic mass is 32.2. The largest absolute Gasteiger partial charge is 0.381 e. The van der Waals surface area contributed by atoms with Crippen LogP contribution in [0.1, 0.15) is 52.9 Å². The average molecular weight is 303 g/mol. The number of rotatable bonds is 4. The molecule has 0 bridgehead atoms. The Morgan fingerprint density at radius 1 is 1.20 bits per heavy atom. The summed E-state index contributed by atoms with van der Waals surface area (Å²) in [6.45, 7) is 8.46. The Labute approximate surface area is 123 Å².